The van der Waals surface area contributed by atoms with Crippen molar-refractivity contribution >= 4 is 13.7 Å². The second-order valence-corrected chi connectivity index (χ2v) is 17.8. The van der Waals surface area contributed by atoms with E-state index in [1.165, 1.54) is 186 Å². The maximum absolute atomic E-state index is 12.8. The van der Waals surface area contributed by atoms with E-state index >= 15 is 0 Å². The third-order valence-electron chi connectivity index (χ3n) is 11.0. The quantitative estimate of drug-likeness (QED) is 0.0357. The first-order chi connectivity index (χ1) is 26.4. The fourth-order valence-corrected chi connectivity index (χ4v) is 8.13. The van der Waals surface area contributed by atoms with Gasteiger partial charge in [0.1, 0.15) is 0 Å². The summed E-state index contributed by atoms with van der Waals surface area (Å²) in [7, 11) is -4.31. The van der Waals surface area contributed by atoms with Crippen LogP contribution in [0.4, 0.5) is 0 Å². The number of carbonyl (C=O) groups excluding carboxylic acids is 1. The van der Waals surface area contributed by atoms with Gasteiger partial charge in [-0.2, -0.15) is 0 Å². The van der Waals surface area contributed by atoms with Crippen LogP contribution in [0.5, 0.6) is 0 Å². The molecule has 5 N–H and O–H groups in total. The molecule has 0 heterocycles. The van der Waals surface area contributed by atoms with Gasteiger partial charge < -0.3 is 21.1 Å². The van der Waals surface area contributed by atoms with E-state index in [4.69, 9.17) is 14.8 Å². The zero-order valence-electron chi connectivity index (χ0n) is 36.0. The Morgan fingerprint density at radius 3 is 1.19 bits per heavy atom. The molecule has 9 heteroatoms. The van der Waals surface area contributed by atoms with Crippen molar-refractivity contribution in [2.75, 3.05) is 19.8 Å². The number of nitrogens with one attached hydrogen (secondary N) is 1. The van der Waals surface area contributed by atoms with Crippen LogP contribution in [0.15, 0.2) is 0 Å². The molecule has 54 heavy (non-hydrogen) atoms. The van der Waals surface area contributed by atoms with Gasteiger partial charge in [-0.15, -0.1) is 0 Å². The Bertz CT molecular complexity index is 819. The number of carbonyl (C=O) groups is 1. The van der Waals surface area contributed by atoms with Crippen molar-refractivity contribution in [3.05, 3.63) is 0 Å². The van der Waals surface area contributed by atoms with E-state index in [0.29, 0.717) is 12.8 Å². The Kier molecular flexibility index (Phi) is 41.7. The Labute approximate surface area is 335 Å². The Balaban J connectivity index is 4.00. The van der Waals surface area contributed by atoms with Crippen LogP contribution in [0.2, 0.25) is 0 Å². The zero-order valence-corrected chi connectivity index (χ0v) is 36.9. The molecule has 0 aliphatic carbocycles. The third-order valence-corrected chi connectivity index (χ3v) is 11.9. The monoisotopic (exact) mass is 789 g/mol. The summed E-state index contributed by atoms with van der Waals surface area (Å²) < 4.78 is 22.2. The molecule has 0 radical (unpaired) electrons. The molecular weight excluding hydrogens is 695 g/mol. The topological polar surface area (TPSA) is 131 Å². The fraction of sp³-hybridized carbons (Fsp3) is 0.978. The van der Waals surface area contributed by atoms with Crippen LogP contribution in [0.3, 0.4) is 0 Å². The summed E-state index contributed by atoms with van der Waals surface area (Å²) in [6, 6.07) is -0.767. The molecule has 0 bridgehead atoms. The second kappa shape index (κ2) is 42.1. The molecule has 0 saturated heterocycles. The number of rotatable bonds is 45. The SMILES string of the molecule is CCCCCCCCCCCCCCCCCCCCCCCCC(=O)NC(COP(=O)(O)OCCN)C(O)CCCCCCCCCCCCCCC. The second-order valence-electron chi connectivity index (χ2n) is 16.3. The molecule has 0 aromatic heterocycles. The molecule has 324 valence electrons. The average Bonchev–Trinajstić information content (AvgIpc) is 3.16. The maximum atomic E-state index is 12.8. The van der Waals surface area contributed by atoms with Gasteiger partial charge in [0.05, 0.1) is 25.4 Å². The summed E-state index contributed by atoms with van der Waals surface area (Å²) in [4.78, 5) is 22.8. The average molecular weight is 789 g/mol. The number of phosphoric acid groups is 1. The first-order valence-corrected chi connectivity index (χ1v) is 25.1. The number of hydrogen-bond acceptors (Lipinski definition) is 6. The van der Waals surface area contributed by atoms with Crippen LogP contribution in [0.25, 0.3) is 0 Å². The summed E-state index contributed by atoms with van der Waals surface area (Å²) in [5, 5.41) is 13.8. The molecular formula is C45H93N2O6P. The minimum Gasteiger partial charge on any atom is -0.391 e. The highest BCUT2D eigenvalue weighted by atomic mass is 31.2. The molecule has 0 saturated carbocycles. The summed E-state index contributed by atoms with van der Waals surface area (Å²) in [5.74, 6) is -0.156. The van der Waals surface area contributed by atoms with Crippen molar-refractivity contribution in [2.45, 2.75) is 264 Å². The minimum atomic E-state index is -4.31. The molecule has 8 nitrogen and oxygen atoms in total. The van der Waals surface area contributed by atoms with E-state index in [1.54, 1.807) is 0 Å². The van der Waals surface area contributed by atoms with E-state index in [1.807, 2.05) is 0 Å². The van der Waals surface area contributed by atoms with Crippen LogP contribution in [-0.2, 0) is 18.4 Å². The van der Waals surface area contributed by atoms with Gasteiger partial charge >= 0.3 is 7.82 Å². The largest absolute Gasteiger partial charge is 0.472 e. The van der Waals surface area contributed by atoms with Gasteiger partial charge in [0, 0.05) is 13.0 Å². The van der Waals surface area contributed by atoms with Crippen LogP contribution < -0.4 is 11.1 Å². The maximum Gasteiger partial charge on any atom is 0.472 e. The first-order valence-electron chi connectivity index (χ1n) is 23.7. The predicted molar refractivity (Wildman–Crippen MR) is 231 cm³/mol. The number of phosphoric ester groups is 1. The van der Waals surface area contributed by atoms with Crippen LogP contribution in [0.1, 0.15) is 251 Å². The lowest BCUT2D eigenvalue weighted by atomic mass is 10.0. The van der Waals surface area contributed by atoms with E-state index in [2.05, 4.69) is 19.2 Å². The number of nitrogens with two attached hydrogens (primary N) is 1. The van der Waals surface area contributed by atoms with E-state index in [0.717, 1.165) is 38.5 Å². The van der Waals surface area contributed by atoms with Gasteiger partial charge in [0.2, 0.25) is 5.91 Å². The van der Waals surface area contributed by atoms with Gasteiger partial charge in [-0.25, -0.2) is 4.57 Å². The van der Waals surface area contributed by atoms with Gasteiger partial charge in [-0.05, 0) is 12.8 Å². The highest BCUT2D eigenvalue weighted by Crippen LogP contribution is 2.43. The number of amides is 1. The Morgan fingerprint density at radius 1 is 0.537 bits per heavy atom. The summed E-state index contributed by atoms with van der Waals surface area (Å²) >= 11 is 0. The van der Waals surface area contributed by atoms with Crippen molar-refractivity contribution in [2.24, 2.45) is 5.73 Å². The Morgan fingerprint density at radius 2 is 0.852 bits per heavy atom. The zero-order chi connectivity index (χ0) is 39.6. The molecule has 3 unspecified atom stereocenters. The molecule has 0 aliphatic rings. The number of unbranched alkanes of at least 4 members (excludes halogenated alkanes) is 33. The number of aliphatic hydroxyl groups is 1. The Hall–Kier alpha value is -0.500. The van der Waals surface area contributed by atoms with Crippen molar-refractivity contribution < 1.29 is 28.4 Å². The van der Waals surface area contributed by atoms with E-state index in [-0.39, 0.29) is 25.7 Å². The van der Waals surface area contributed by atoms with Gasteiger partial charge in [-0.1, -0.05) is 232 Å². The van der Waals surface area contributed by atoms with Crippen LogP contribution in [0, 0.1) is 0 Å². The van der Waals surface area contributed by atoms with Gasteiger partial charge in [-0.3, -0.25) is 13.8 Å². The molecule has 0 spiro atoms. The molecule has 1 amide bonds. The molecule has 3 atom stereocenters. The minimum absolute atomic E-state index is 0.0925. The molecule has 0 aromatic rings. The third kappa shape index (κ3) is 39.7. The highest BCUT2D eigenvalue weighted by Gasteiger charge is 2.27. The van der Waals surface area contributed by atoms with Gasteiger partial charge in [0.25, 0.3) is 0 Å². The van der Waals surface area contributed by atoms with E-state index in [9.17, 15) is 19.4 Å². The lowest BCUT2D eigenvalue weighted by Crippen LogP contribution is -2.46. The molecule has 0 fully saturated rings. The smallest absolute Gasteiger partial charge is 0.391 e. The van der Waals surface area contributed by atoms with Crippen molar-refractivity contribution in [1.82, 2.24) is 5.32 Å². The van der Waals surface area contributed by atoms with E-state index < -0.39 is 20.0 Å². The van der Waals surface area contributed by atoms with Crippen molar-refractivity contribution in [3.8, 4) is 0 Å². The summed E-state index contributed by atoms with van der Waals surface area (Å²) in [5.41, 5.74) is 5.38. The lowest BCUT2D eigenvalue weighted by molar-refractivity contribution is -0.123. The molecule has 0 rings (SSSR count). The summed E-state index contributed by atoms with van der Waals surface area (Å²) in [6.45, 7) is 4.24. The van der Waals surface area contributed by atoms with Crippen molar-refractivity contribution in [3.63, 3.8) is 0 Å². The van der Waals surface area contributed by atoms with Crippen LogP contribution in [-0.4, -0.2) is 47.8 Å². The first kappa shape index (κ1) is 53.5. The molecule has 0 aromatic carbocycles. The lowest BCUT2D eigenvalue weighted by Gasteiger charge is -2.25. The number of hydrogen-bond donors (Lipinski definition) is 4. The van der Waals surface area contributed by atoms with Crippen molar-refractivity contribution in [1.29, 1.82) is 0 Å². The summed E-state index contributed by atoms with van der Waals surface area (Å²) in [6.07, 6.45) is 45.5. The fourth-order valence-electron chi connectivity index (χ4n) is 7.37. The normalized spacial score (nSPS) is 13.9. The standard InChI is InChI=1S/C45H93N2O6P/c1-3-5-7-9-11-13-15-17-18-19-20-21-22-23-24-25-27-29-31-33-35-37-39-45(49)47-43(42-53-54(50,51)52-41-40-46)44(48)38-36-34-32-30-28-26-16-14-12-10-8-6-4-2/h43-44,48H,3-42,46H2,1-2H3,(H,47,49)(H,50,51). The number of aliphatic hydroxyl groups excluding tert-OH is 1. The van der Waals surface area contributed by atoms with Gasteiger partial charge in [0.15, 0.2) is 0 Å². The highest BCUT2D eigenvalue weighted by molar-refractivity contribution is 7.47. The predicted octanol–water partition coefficient (Wildman–Crippen LogP) is 13.4. The van der Waals surface area contributed by atoms with Crippen LogP contribution >= 0.6 is 7.82 Å². The molecule has 0 aliphatic heterocycles.